The summed E-state index contributed by atoms with van der Waals surface area (Å²) in [5, 5.41) is 0. The molecule has 0 radical (unpaired) electrons. The lowest BCUT2D eigenvalue weighted by Gasteiger charge is -2.42. The Labute approximate surface area is 178 Å². The van der Waals surface area contributed by atoms with E-state index in [-0.39, 0.29) is 24.0 Å². The van der Waals surface area contributed by atoms with E-state index in [1.807, 2.05) is 12.1 Å². The van der Waals surface area contributed by atoms with Crippen LogP contribution in [0.1, 0.15) is 24.8 Å². The lowest BCUT2D eigenvalue weighted by molar-refractivity contribution is -0.140. The molecule has 0 N–H and O–H groups in total. The van der Waals surface area contributed by atoms with Crippen LogP contribution in [0.15, 0.2) is 18.2 Å². The number of methoxy groups -OCH3 is 2. The molecule has 1 spiro atoms. The monoisotopic (exact) mass is 419 g/mol. The van der Waals surface area contributed by atoms with Crippen molar-refractivity contribution >= 4 is 11.8 Å². The Kier molecular flexibility index (Phi) is 7.20. The molecule has 0 aromatic heterocycles. The van der Waals surface area contributed by atoms with Crippen LogP contribution in [0, 0.1) is 0 Å². The van der Waals surface area contributed by atoms with Crippen molar-refractivity contribution in [2.45, 2.75) is 31.4 Å². The van der Waals surface area contributed by atoms with E-state index in [9.17, 15) is 9.59 Å². The fourth-order valence-corrected chi connectivity index (χ4v) is 4.18. The molecular formula is C22H33N3O5. The maximum absolute atomic E-state index is 12.5. The number of para-hydroxylation sites is 1. The van der Waals surface area contributed by atoms with Gasteiger partial charge in [-0.2, -0.15) is 0 Å². The second-order valence-electron chi connectivity index (χ2n) is 8.25. The molecule has 8 nitrogen and oxygen atoms in total. The third-order valence-corrected chi connectivity index (χ3v) is 6.03. The molecule has 2 fully saturated rings. The number of nitrogens with zero attached hydrogens (tertiary/aromatic N) is 3. The predicted octanol–water partition coefficient (Wildman–Crippen LogP) is 1.38. The largest absolute Gasteiger partial charge is 0.493 e. The van der Waals surface area contributed by atoms with Crippen LogP contribution in [0.2, 0.25) is 0 Å². The topological polar surface area (TPSA) is 71.6 Å². The molecule has 2 heterocycles. The highest BCUT2D eigenvalue weighted by atomic mass is 16.5. The molecule has 0 saturated carbocycles. The number of hydrogen-bond donors (Lipinski definition) is 0. The van der Waals surface area contributed by atoms with Gasteiger partial charge in [0.2, 0.25) is 11.8 Å². The summed E-state index contributed by atoms with van der Waals surface area (Å²) >= 11 is 0. The third-order valence-electron chi connectivity index (χ3n) is 6.03. The van der Waals surface area contributed by atoms with Crippen molar-refractivity contribution in [1.82, 2.24) is 14.7 Å². The first-order valence-corrected chi connectivity index (χ1v) is 10.4. The van der Waals surface area contributed by atoms with Gasteiger partial charge in [-0.3, -0.25) is 14.5 Å². The Bertz CT molecular complexity index is 759. The van der Waals surface area contributed by atoms with E-state index in [2.05, 4.69) is 11.0 Å². The Morgan fingerprint density at radius 2 is 1.93 bits per heavy atom. The molecule has 2 amide bonds. The number of hydrogen-bond acceptors (Lipinski definition) is 6. The van der Waals surface area contributed by atoms with Gasteiger partial charge in [0.05, 0.1) is 45.9 Å². The number of rotatable bonds is 6. The summed E-state index contributed by atoms with van der Waals surface area (Å²) in [6.45, 7) is 3.46. The first kappa shape index (κ1) is 22.4. The van der Waals surface area contributed by atoms with Gasteiger partial charge in [-0.1, -0.05) is 12.1 Å². The summed E-state index contributed by atoms with van der Waals surface area (Å²) in [6.07, 6.45) is 1.96. The molecule has 2 aliphatic rings. The molecule has 0 bridgehead atoms. The van der Waals surface area contributed by atoms with E-state index in [0.717, 1.165) is 49.5 Å². The van der Waals surface area contributed by atoms with Crippen LogP contribution in [0.3, 0.4) is 0 Å². The normalized spacial score (nSPS) is 19.5. The highest BCUT2D eigenvalue weighted by Crippen LogP contribution is 2.34. The number of piperidine rings is 1. The maximum Gasteiger partial charge on any atom is 0.241 e. The van der Waals surface area contributed by atoms with Crippen molar-refractivity contribution < 1.29 is 23.8 Å². The average molecular weight is 420 g/mol. The molecule has 3 rings (SSSR count). The third kappa shape index (κ3) is 5.05. The van der Waals surface area contributed by atoms with Gasteiger partial charge >= 0.3 is 0 Å². The summed E-state index contributed by atoms with van der Waals surface area (Å²) in [5.74, 6) is 1.42. The van der Waals surface area contributed by atoms with Crippen molar-refractivity contribution in [3.63, 3.8) is 0 Å². The molecular weight excluding hydrogens is 386 g/mol. The average Bonchev–Trinajstić information content (AvgIpc) is 2.88. The minimum absolute atomic E-state index is 0.00868. The fraction of sp³-hybridized carbons (Fsp3) is 0.636. The van der Waals surface area contributed by atoms with Crippen molar-refractivity contribution in [3.05, 3.63) is 23.8 Å². The van der Waals surface area contributed by atoms with Crippen LogP contribution in [0.25, 0.3) is 0 Å². The maximum atomic E-state index is 12.5. The quantitative estimate of drug-likeness (QED) is 0.694. The molecule has 1 aromatic rings. The second-order valence-corrected chi connectivity index (χ2v) is 8.25. The zero-order valence-corrected chi connectivity index (χ0v) is 18.5. The smallest absolute Gasteiger partial charge is 0.241 e. The van der Waals surface area contributed by atoms with E-state index >= 15 is 0 Å². The molecule has 166 valence electrons. The van der Waals surface area contributed by atoms with Gasteiger partial charge in [-0.25, -0.2) is 0 Å². The molecule has 30 heavy (non-hydrogen) atoms. The van der Waals surface area contributed by atoms with Gasteiger partial charge in [0.1, 0.15) is 0 Å². The van der Waals surface area contributed by atoms with Gasteiger partial charge in [0.15, 0.2) is 11.5 Å². The van der Waals surface area contributed by atoms with E-state index in [0.29, 0.717) is 19.6 Å². The van der Waals surface area contributed by atoms with Crippen molar-refractivity contribution in [2.24, 2.45) is 0 Å². The summed E-state index contributed by atoms with van der Waals surface area (Å²) in [6, 6.07) is 5.93. The molecule has 0 aliphatic carbocycles. The zero-order valence-electron chi connectivity index (χ0n) is 18.5. The van der Waals surface area contributed by atoms with Gasteiger partial charge in [0, 0.05) is 39.3 Å². The zero-order chi connectivity index (χ0) is 21.7. The first-order valence-electron chi connectivity index (χ1n) is 10.4. The lowest BCUT2D eigenvalue weighted by Crippen LogP contribution is -2.53. The first-order chi connectivity index (χ1) is 14.4. The van der Waals surface area contributed by atoms with Crippen LogP contribution in [0.4, 0.5) is 0 Å². The summed E-state index contributed by atoms with van der Waals surface area (Å²) in [5.41, 5.74) is 0.705. The van der Waals surface area contributed by atoms with Crippen LogP contribution in [-0.4, -0.2) is 93.2 Å². The summed E-state index contributed by atoms with van der Waals surface area (Å²) in [4.78, 5) is 30.2. The number of carbonyl (C=O) groups is 2. The minimum atomic E-state index is -0.381. The standard InChI is InChI=1S/C22H33N3O5/c1-23(2)20(27)15-25-16-22(30-13-8-19(25)26)9-11-24(12-10-22)14-17-6-5-7-18(28-3)21(17)29-4/h5-7H,8-16H2,1-4H3. The molecule has 0 unspecified atom stereocenters. The van der Waals surface area contributed by atoms with Crippen molar-refractivity contribution in [3.8, 4) is 11.5 Å². The SMILES string of the molecule is COc1cccc(CN2CCC3(CC2)CN(CC(=O)N(C)C)C(=O)CCO3)c1OC. The summed E-state index contributed by atoms with van der Waals surface area (Å²) in [7, 11) is 6.72. The molecule has 1 aromatic carbocycles. The van der Waals surface area contributed by atoms with Crippen LogP contribution in [-0.2, 0) is 20.9 Å². The second kappa shape index (κ2) is 9.66. The minimum Gasteiger partial charge on any atom is -0.493 e. The summed E-state index contributed by atoms with van der Waals surface area (Å²) < 4.78 is 17.2. The fourth-order valence-electron chi connectivity index (χ4n) is 4.18. The van der Waals surface area contributed by atoms with E-state index in [4.69, 9.17) is 14.2 Å². The van der Waals surface area contributed by atoms with Gasteiger partial charge < -0.3 is 24.0 Å². The van der Waals surface area contributed by atoms with Crippen molar-refractivity contribution in [2.75, 3.05) is 61.1 Å². The highest BCUT2D eigenvalue weighted by Gasteiger charge is 2.41. The number of benzene rings is 1. The predicted molar refractivity (Wildman–Crippen MR) is 113 cm³/mol. The van der Waals surface area contributed by atoms with Crippen molar-refractivity contribution in [1.29, 1.82) is 0 Å². The van der Waals surface area contributed by atoms with Crippen LogP contribution < -0.4 is 9.47 Å². The van der Waals surface area contributed by atoms with Crippen LogP contribution >= 0.6 is 0 Å². The van der Waals surface area contributed by atoms with E-state index < -0.39 is 0 Å². The molecule has 2 saturated heterocycles. The molecule has 8 heteroatoms. The Morgan fingerprint density at radius 1 is 1.20 bits per heavy atom. The highest BCUT2D eigenvalue weighted by molar-refractivity contribution is 5.84. The van der Waals surface area contributed by atoms with Crippen LogP contribution in [0.5, 0.6) is 11.5 Å². The van der Waals surface area contributed by atoms with Gasteiger partial charge in [0.25, 0.3) is 0 Å². The number of ether oxygens (including phenoxy) is 3. The van der Waals surface area contributed by atoms with E-state index in [1.165, 1.54) is 4.90 Å². The number of carbonyl (C=O) groups excluding carboxylic acids is 2. The van der Waals surface area contributed by atoms with Gasteiger partial charge in [-0.05, 0) is 18.9 Å². The Morgan fingerprint density at radius 3 is 2.57 bits per heavy atom. The Hall–Kier alpha value is -2.32. The molecule has 2 aliphatic heterocycles. The number of amides is 2. The number of likely N-dealkylation sites (N-methyl/N-ethyl adjacent to an activating group) is 1. The Balaban J connectivity index is 1.65. The lowest BCUT2D eigenvalue weighted by atomic mass is 9.90. The number of likely N-dealkylation sites (tertiary alicyclic amines) is 1. The molecule has 0 atom stereocenters. The van der Waals surface area contributed by atoms with Gasteiger partial charge in [-0.15, -0.1) is 0 Å². The van der Waals surface area contributed by atoms with E-state index in [1.54, 1.807) is 33.2 Å².